The van der Waals surface area contributed by atoms with Crippen LogP contribution in [0.5, 0.6) is 0 Å². The third kappa shape index (κ3) is 4.92. The van der Waals surface area contributed by atoms with E-state index in [4.69, 9.17) is 10.8 Å². The first kappa shape index (κ1) is 13.4. The van der Waals surface area contributed by atoms with Crippen LogP contribution < -0.4 is 5.73 Å². The molecule has 0 aromatic rings. The Kier molecular flexibility index (Phi) is 5.73. The molecule has 0 aliphatic carbocycles. The van der Waals surface area contributed by atoms with Gasteiger partial charge in [0.15, 0.2) is 0 Å². The SMILES string of the molecule is CN1CCN(CCCC[C@H](N)C(=O)O)CC1. The predicted molar refractivity (Wildman–Crippen MR) is 63.4 cm³/mol. The monoisotopic (exact) mass is 229 g/mol. The van der Waals surface area contributed by atoms with Crippen LogP contribution in [0, 0.1) is 0 Å². The zero-order valence-corrected chi connectivity index (χ0v) is 10.1. The highest BCUT2D eigenvalue weighted by atomic mass is 16.4. The van der Waals surface area contributed by atoms with Gasteiger partial charge in [0, 0.05) is 26.2 Å². The summed E-state index contributed by atoms with van der Waals surface area (Å²) in [6.07, 6.45) is 2.54. The number of rotatable bonds is 6. The van der Waals surface area contributed by atoms with E-state index in [1.807, 2.05) is 0 Å². The largest absolute Gasteiger partial charge is 0.480 e. The fourth-order valence-electron chi connectivity index (χ4n) is 1.89. The highest BCUT2D eigenvalue weighted by Gasteiger charge is 2.14. The molecule has 0 unspecified atom stereocenters. The summed E-state index contributed by atoms with van der Waals surface area (Å²) in [5, 5.41) is 8.62. The van der Waals surface area contributed by atoms with E-state index in [0.717, 1.165) is 45.6 Å². The van der Waals surface area contributed by atoms with Crippen LogP contribution in [-0.4, -0.2) is 66.7 Å². The number of likely N-dealkylation sites (N-methyl/N-ethyl adjacent to an activating group) is 1. The standard InChI is InChI=1S/C11H23N3O2/c1-13-6-8-14(9-7-13)5-3-2-4-10(12)11(15)16/h10H,2-9,12H2,1H3,(H,15,16)/t10-/m0/s1. The van der Waals surface area contributed by atoms with Gasteiger partial charge in [-0.1, -0.05) is 6.42 Å². The van der Waals surface area contributed by atoms with E-state index in [2.05, 4.69) is 16.8 Å². The lowest BCUT2D eigenvalue weighted by atomic mass is 10.1. The van der Waals surface area contributed by atoms with Gasteiger partial charge in [0.2, 0.25) is 0 Å². The van der Waals surface area contributed by atoms with Gasteiger partial charge >= 0.3 is 5.97 Å². The third-order valence-electron chi connectivity index (χ3n) is 3.15. The molecular formula is C11H23N3O2. The van der Waals surface area contributed by atoms with Crippen LogP contribution >= 0.6 is 0 Å². The molecule has 0 radical (unpaired) electrons. The number of nitrogens with two attached hydrogens (primary N) is 1. The molecule has 5 nitrogen and oxygen atoms in total. The minimum Gasteiger partial charge on any atom is -0.480 e. The molecule has 94 valence electrons. The minimum atomic E-state index is -0.889. The molecule has 1 fully saturated rings. The fraction of sp³-hybridized carbons (Fsp3) is 0.909. The molecule has 1 saturated heterocycles. The number of carboxylic acids is 1. The lowest BCUT2D eigenvalue weighted by molar-refractivity contribution is -0.138. The van der Waals surface area contributed by atoms with Gasteiger partial charge in [0.25, 0.3) is 0 Å². The van der Waals surface area contributed by atoms with Crippen molar-refractivity contribution >= 4 is 5.97 Å². The number of carboxylic acid groups (broad SMARTS) is 1. The Morgan fingerprint density at radius 1 is 1.31 bits per heavy atom. The van der Waals surface area contributed by atoms with Crippen LogP contribution in [0.15, 0.2) is 0 Å². The number of aliphatic carboxylic acids is 1. The molecule has 0 amide bonds. The second-order valence-corrected chi connectivity index (χ2v) is 4.59. The van der Waals surface area contributed by atoms with Gasteiger partial charge in [-0.2, -0.15) is 0 Å². The molecule has 5 heteroatoms. The first-order valence-electron chi connectivity index (χ1n) is 5.99. The molecule has 0 saturated carbocycles. The second kappa shape index (κ2) is 6.83. The Labute approximate surface area is 97.2 Å². The van der Waals surface area contributed by atoms with Gasteiger partial charge in [0.1, 0.15) is 6.04 Å². The maximum atomic E-state index is 10.5. The summed E-state index contributed by atoms with van der Waals surface area (Å²) in [5.74, 6) is -0.889. The summed E-state index contributed by atoms with van der Waals surface area (Å²) in [4.78, 5) is 15.3. The Bertz CT molecular complexity index is 215. The van der Waals surface area contributed by atoms with Crippen LogP contribution in [-0.2, 0) is 4.79 Å². The van der Waals surface area contributed by atoms with E-state index >= 15 is 0 Å². The molecule has 1 aliphatic heterocycles. The van der Waals surface area contributed by atoms with Crippen LogP contribution in [0.3, 0.4) is 0 Å². The Hall–Kier alpha value is -0.650. The van der Waals surface area contributed by atoms with Crippen LogP contribution in [0.2, 0.25) is 0 Å². The van der Waals surface area contributed by atoms with E-state index in [-0.39, 0.29) is 0 Å². The van der Waals surface area contributed by atoms with Crippen molar-refractivity contribution in [1.82, 2.24) is 9.80 Å². The number of nitrogens with zero attached hydrogens (tertiary/aromatic N) is 2. The Balaban J connectivity index is 2.01. The zero-order chi connectivity index (χ0) is 12.0. The molecule has 1 aliphatic rings. The maximum absolute atomic E-state index is 10.5. The molecule has 0 aromatic heterocycles. The average Bonchev–Trinajstić information content (AvgIpc) is 2.26. The number of hydrogen-bond acceptors (Lipinski definition) is 4. The van der Waals surface area contributed by atoms with Gasteiger partial charge in [-0.05, 0) is 26.4 Å². The van der Waals surface area contributed by atoms with Crippen molar-refractivity contribution in [3.05, 3.63) is 0 Å². The van der Waals surface area contributed by atoms with Gasteiger partial charge in [-0.3, -0.25) is 4.79 Å². The minimum absolute atomic E-state index is 0.586. The van der Waals surface area contributed by atoms with Crippen molar-refractivity contribution in [2.45, 2.75) is 25.3 Å². The lowest BCUT2D eigenvalue weighted by Gasteiger charge is -2.32. The number of hydrogen-bond donors (Lipinski definition) is 2. The Morgan fingerprint density at radius 2 is 1.94 bits per heavy atom. The molecule has 0 aromatic carbocycles. The molecule has 1 heterocycles. The molecule has 16 heavy (non-hydrogen) atoms. The van der Waals surface area contributed by atoms with Gasteiger partial charge < -0.3 is 20.6 Å². The smallest absolute Gasteiger partial charge is 0.320 e. The molecule has 0 spiro atoms. The summed E-state index contributed by atoms with van der Waals surface area (Å²) in [5.41, 5.74) is 5.43. The maximum Gasteiger partial charge on any atom is 0.320 e. The summed E-state index contributed by atoms with van der Waals surface area (Å²) in [7, 11) is 2.14. The van der Waals surface area contributed by atoms with E-state index in [1.54, 1.807) is 0 Å². The van der Waals surface area contributed by atoms with Gasteiger partial charge in [-0.15, -0.1) is 0 Å². The zero-order valence-electron chi connectivity index (χ0n) is 10.1. The number of piperazine rings is 1. The van der Waals surface area contributed by atoms with Crippen LogP contribution in [0.25, 0.3) is 0 Å². The van der Waals surface area contributed by atoms with Gasteiger partial charge in [-0.25, -0.2) is 0 Å². The first-order valence-corrected chi connectivity index (χ1v) is 5.99. The summed E-state index contributed by atoms with van der Waals surface area (Å²) in [6.45, 7) is 5.59. The Morgan fingerprint density at radius 3 is 2.50 bits per heavy atom. The predicted octanol–water partition coefficient (Wildman–Crippen LogP) is -0.184. The number of carbonyl (C=O) groups is 1. The number of unbranched alkanes of at least 4 members (excludes halogenated alkanes) is 1. The molecule has 0 bridgehead atoms. The van der Waals surface area contributed by atoms with Crippen LogP contribution in [0.4, 0.5) is 0 Å². The van der Waals surface area contributed by atoms with E-state index < -0.39 is 12.0 Å². The first-order chi connectivity index (χ1) is 7.59. The molecule has 1 atom stereocenters. The van der Waals surface area contributed by atoms with Crippen molar-refractivity contribution in [2.75, 3.05) is 39.8 Å². The molecular weight excluding hydrogens is 206 g/mol. The van der Waals surface area contributed by atoms with Crippen molar-refractivity contribution in [2.24, 2.45) is 5.73 Å². The van der Waals surface area contributed by atoms with E-state index in [0.29, 0.717) is 6.42 Å². The lowest BCUT2D eigenvalue weighted by Crippen LogP contribution is -2.44. The third-order valence-corrected chi connectivity index (χ3v) is 3.15. The molecule has 1 rings (SSSR count). The normalized spacial score (nSPS) is 20.9. The van der Waals surface area contributed by atoms with Crippen molar-refractivity contribution in [3.63, 3.8) is 0 Å². The quantitative estimate of drug-likeness (QED) is 0.618. The summed E-state index contributed by atoms with van der Waals surface area (Å²) < 4.78 is 0. The topological polar surface area (TPSA) is 69.8 Å². The fourth-order valence-corrected chi connectivity index (χ4v) is 1.89. The highest BCUT2D eigenvalue weighted by molar-refractivity contribution is 5.72. The van der Waals surface area contributed by atoms with Crippen molar-refractivity contribution < 1.29 is 9.90 Å². The summed E-state index contributed by atoms with van der Waals surface area (Å²) >= 11 is 0. The highest BCUT2D eigenvalue weighted by Crippen LogP contribution is 2.04. The van der Waals surface area contributed by atoms with Crippen molar-refractivity contribution in [3.8, 4) is 0 Å². The van der Waals surface area contributed by atoms with Gasteiger partial charge in [0.05, 0.1) is 0 Å². The second-order valence-electron chi connectivity index (χ2n) is 4.59. The average molecular weight is 229 g/mol. The van der Waals surface area contributed by atoms with Crippen molar-refractivity contribution in [1.29, 1.82) is 0 Å². The molecule has 3 N–H and O–H groups in total. The van der Waals surface area contributed by atoms with E-state index in [9.17, 15) is 4.79 Å². The van der Waals surface area contributed by atoms with Crippen LogP contribution in [0.1, 0.15) is 19.3 Å². The summed E-state index contributed by atoms with van der Waals surface area (Å²) in [6, 6.07) is -0.688. The van der Waals surface area contributed by atoms with E-state index in [1.165, 1.54) is 0 Å².